The van der Waals surface area contributed by atoms with Crippen molar-refractivity contribution in [3.8, 4) is 0 Å². The van der Waals surface area contributed by atoms with Crippen LogP contribution in [-0.4, -0.2) is 23.3 Å². The van der Waals surface area contributed by atoms with Crippen LogP contribution in [0, 0.1) is 5.95 Å². The Hall–Kier alpha value is -2.02. The molecule has 0 fully saturated rings. The molecule has 0 aliphatic carbocycles. The molecular weight excluding hydrogens is 235 g/mol. The summed E-state index contributed by atoms with van der Waals surface area (Å²) in [5.74, 6) is -1.34. The fourth-order valence-electron chi connectivity index (χ4n) is 1.56. The Morgan fingerprint density at radius 1 is 1.50 bits per heavy atom. The van der Waals surface area contributed by atoms with E-state index >= 15 is 0 Å². The molecule has 1 aliphatic rings. The monoisotopic (exact) mass is 250 g/mol. The van der Waals surface area contributed by atoms with E-state index in [0.29, 0.717) is 11.5 Å². The number of hydrogen-bond acceptors (Lipinski definition) is 4. The molecule has 96 valence electrons. The number of guanidine groups is 1. The third kappa shape index (κ3) is 2.62. The Labute approximate surface area is 104 Å². The number of aromatic nitrogens is 1. The highest BCUT2D eigenvalue weighted by atomic mass is 19.1. The van der Waals surface area contributed by atoms with Crippen LogP contribution in [0.4, 0.5) is 4.39 Å². The molecule has 0 amide bonds. The maximum Gasteiger partial charge on any atom is 0.213 e. The largest absolute Gasteiger partial charge is 0.317 e. The molecular formula is C11H15FN6. The van der Waals surface area contributed by atoms with E-state index in [1.807, 2.05) is 13.8 Å². The number of nitrogens with one attached hydrogen (secondary N) is 2. The van der Waals surface area contributed by atoms with E-state index in [0.717, 1.165) is 0 Å². The zero-order chi connectivity index (χ0) is 13.2. The van der Waals surface area contributed by atoms with Gasteiger partial charge in [-0.1, -0.05) is 0 Å². The Balaban J connectivity index is 2.32. The van der Waals surface area contributed by atoms with E-state index in [9.17, 15) is 4.39 Å². The van der Waals surface area contributed by atoms with Gasteiger partial charge in [0.1, 0.15) is 0 Å². The maximum absolute atomic E-state index is 13.1. The van der Waals surface area contributed by atoms with Crippen LogP contribution in [0.1, 0.15) is 19.4 Å². The lowest BCUT2D eigenvalue weighted by Gasteiger charge is -2.31. The number of halogens is 1. The summed E-state index contributed by atoms with van der Waals surface area (Å²) in [6, 6.07) is 2.94. The molecule has 7 heteroatoms. The minimum absolute atomic E-state index is 0.102. The topological polar surface area (TPSA) is 87.7 Å². The van der Waals surface area contributed by atoms with Crippen molar-refractivity contribution in [1.29, 1.82) is 0 Å². The van der Waals surface area contributed by atoms with E-state index in [1.54, 1.807) is 6.07 Å². The molecule has 0 bridgehead atoms. The molecule has 0 aromatic carbocycles. The van der Waals surface area contributed by atoms with Gasteiger partial charge in [0, 0.05) is 23.9 Å². The van der Waals surface area contributed by atoms with Crippen molar-refractivity contribution in [3.05, 3.63) is 29.8 Å². The first kappa shape index (κ1) is 12.4. The third-order valence-electron chi connectivity index (χ3n) is 2.33. The number of hydrogen-bond donors (Lipinski definition) is 3. The van der Waals surface area contributed by atoms with Gasteiger partial charge >= 0.3 is 0 Å². The zero-order valence-electron chi connectivity index (χ0n) is 10.2. The first-order valence-electron chi connectivity index (χ1n) is 5.57. The molecule has 0 saturated carbocycles. The first-order valence-corrected chi connectivity index (χ1v) is 5.57. The lowest BCUT2D eigenvalue weighted by atomic mass is 10.1. The Kier molecular flexibility index (Phi) is 3.24. The number of pyridine rings is 1. The molecule has 4 N–H and O–H groups in total. The van der Waals surface area contributed by atoms with Gasteiger partial charge in [0.05, 0.1) is 6.34 Å². The van der Waals surface area contributed by atoms with Gasteiger partial charge in [-0.15, -0.1) is 0 Å². The van der Waals surface area contributed by atoms with Crippen LogP contribution in [0.3, 0.4) is 0 Å². The predicted molar refractivity (Wildman–Crippen MR) is 67.4 cm³/mol. The van der Waals surface area contributed by atoms with E-state index in [1.165, 1.54) is 18.6 Å². The van der Waals surface area contributed by atoms with Crippen LogP contribution in [0.2, 0.25) is 0 Å². The van der Waals surface area contributed by atoms with Gasteiger partial charge in [-0.3, -0.25) is 10.7 Å². The highest BCUT2D eigenvalue weighted by Crippen LogP contribution is 2.17. The van der Waals surface area contributed by atoms with Gasteiger partial charge in [-0.2, -0.15) is 4.39 Å². The van der Waals surface area contributed by atoms with Gasteiger partial charge in [0.2, 0.25) is 11.7 Å². The summed E-state index contributed by atoms with van der Waals surface area (Å²) >= 11 is 0. The second-order valence-electron chi connectivity index (χ2n) is 4.23. The van der Waals surface area contributed by atoms with Crippen LogP contribution >= 0.6 is 0 Å². The van der Waals surface area contributed by atoms with E-state index in [4.69, 9.17) is 5.73 Å². The summed E-state index contributed by atoms with van der Waals surface area (Å²) in [5.41, 5.74) is 6.57. The molecule has 6 nitrogen and oxygen atoms in total. The fourth-order valence-corrected chi connectivity index (χ4v) is 1.56. The smallest absolute Gasteiger partial charge is 0.213 e. The minimum Gasteiger partial charge on any atom is -0.317 e. The summed E-state index contributed by atoms with van der Waals surface area (Å²) in [6.45, 7) is 3.87. The molecule has 1 aliphatic heterocycles. The molecule has 1 aromatic rings. The van der Waals surface area contributed by atoms with Crippen molar-refractivity contribution in [2.75, 3.05) is 0 Å². The van der Waals surface area contributed by atoms with Crippen LogP contribution in [-0.2, 0) is 5.79 Å². The standard InChI is InChI=1S/C11H15FN6/c1-7(2)17-10-15-6-16-11(13,18-10)8-3-4-14-9(12)5-8/h3-7H,13H2,1-2H3,(H2,15,16,17,18). The average molecular weight is 250 g/mol. The van der Waals surface area contributed by atoms with E-state index < -0.39 is 11.7 Å². The highest BCUT2D eigenvalue weighted by molar-refractivity contribution is 5.92. The summed E-state index contributed by atoms with van der Waals surface area (Å²) < 4.78 is 13.1. The number of nitrogens with two attached hydrogens (primary N) is 1. The van der Waals surface area contributed by atoms with Crippen molar-refractivity contribution in [2.24, 2.45) is 15.7 Å². The van der Waals surface area contributed by atoms with Gasteiger partial charge in [-0.05, 0) is 19.9 Å². The van der Waals surface area contributed by atoms with Crippen LogP contribution < -0.4 is 16.4 Å². The SMILES string of the molecule is CC(C)N=C1NC=NC(N)(c2ccnc(F)c2)N1. The molecule has 0 radical (unpaired) electrons. The Morgan fingerprint density at radius 3 is 2.94 bits per heavy atom. The Morgan fingerprint density at radius 2 is 2.28 bits per heavy atom. The molecule has 2 rings (SSSR count). The second-order valence-corrected chi connectivity index (χ2v) is 4.23. The third-order valence-corrected chi connectivity index (χ3v) is 2.33. The lowest BCUT2D eigenvalue weighted by Crippen LogP contribution is -2.59. The summed E-state index contributed by atoms with van der Waals surface area (Å²) in [4.78, 5) is 11.9. The van der Waals surface area contributed by atoms with Gasteiger partial charge in [-0.25, -0.2) is 9.98 Å². The number of aliphatic imine (C=N–C) groups is 2. The number of nitrogens with zero attached hydrogens (tertiary/aromatic N) is 3. The van der Waals surface area contributed by atoms with E-state index in [-0.39, 0.29) is 6.04 Å². The lowest BCUT2D eigenvalue weighted by molar-refractivity contribution is 0.414. The summed E-state index contributed by atoms with van der Waals surface area (Å²) in [6.07, 6.45) is 2.79. The van der Waals surface area contributed by atoms with Crippen molar-refractivity contribution in [1.82, 2.24) is 15.6 Å². The van der Waals surface area contributed by atoms with Gasteiger partial charge < -0.3 is 10.6 Å². The van der Waals surface area contributed by atoms with Crippen LogP contribution in [0.15, 0.2) is 28.3 Å². The second kappa shape index (κ2) is 4.69. The number of rotatable bonds is 2. The Bertz CT molecular complexity index is 498. The first-order chi connectivity index (χ1) is 8.49. The van der Waals surface area contributed by atoms with Gasteiger partial charge in [0.25, 0.3) is 0 Å². The highest BCUT2D eigenvalue weighted by Gasteiger charge is 2.30. The average Bonchev–Trinajstić information content (AvgIpc) is 2.28. The normalized spacial score (nSPS) is 25.1. The quantitative estimate of drug-likeness (QED) is 0.658. The van der Waals surface area contributed by atoms with Crippen molar-refractivity contribution in [3.63, 3.8) is 0 Å². The van der Waals surface area contributed by atoms with Crippen molar-refractivity contribution in [2.45, 2.75) is 25.7 Å². The molecule has 2 heterocycles. The maximum atomic E-state index is 13.1. The summed E-state index contributed by atoms with van der Waals surface area (Å²) in [7, 11) is 0. The predicted octanol–water partition coefficient (Wildman–Crippen LogP) is 0.275. The van der Waals surface area contributed by atoms with Crippen molar-refractivity contribution >= 4 is 12.3 Å². The molecule has 0 spiro atoms. The zero-order valence-corrected chi connectivity index (χ0v) is 10.2. The van der Waals surface area contributed by atoms with Crippen LogP contribution in [0.5, 0.6) is 0 Å². The van der Waals surface area contributed by atoms with Crippen molar-refractivity contribution < 1.29 is 4.39 Å². The fraction of sp³-hybridized carbons (Fsp3) is 0.364. The molecule has 1 aromatic heterocycles. The van der Waals surface area contributed by atoms with E-state index in [2.05, 4.69) is 25.6 Å². The molecule has 0 saturated heterocycles. The molecule has 1 unspecified atom stereocenters. The van der Waals surface area contributed by atoms with Crippen LogP contribution in [0.25, 0.3) is 0 Å². The van der Waals surface area contributed by atoms with Gasteiger partial charge in [0.15, 0.2) is 5.96 Å². The summed E-state index contributed by atoms with van der Waals surface area (Å²) in [5, 5.41) is 5.78. The minimum atomic E-state index is -1.23. The molecule has 1 atom stereocenters. The molecule has 18 heavy (non-hydrogen) atoms.